The van der Waals surface area contributed by atoms with Crippen molar-refractivity contribution in [1.82, 2.24) is 5.32 Å². The van der Waals surface area contributed by atoms with Crippen molar-refractivity contribution in [3.63, 3.8) is 0 Å². The third-order valence-corrected chi connectivity index (χ3v) is 6.45. The van der Waals surface area contributed by atoms with Gasteiger partial charge in [-0.15, -0.1) is 0 Å². The molecule has 0 aromatic carbocycles. The second-order valence-corrected chi connectivity index (χ2v) is 9.11. The van der Waals surface area contributed by atoms with Crippen molar-refractivity contribution in [3.05, 3.63) is 0 Å². The predicted octanol–water partition coefficient (Wildman–Crippen LogP) is -7.43. The van der Waals surface area contributed by atoms with Crippen molar-refractivity contribution < 1.29 is 79.5 Å². The Morgan fingerprint density at radius 3 is 2.08 bits per heavy atom. The van der Waals surface area contributed by atoms with Gasteiger partial charge in [-0.3, -0.25) is 4.79 Å². The molecule has 17 nitrogen and oxygen atoms in total. The van der Waals surface area contributed by atoms with Crippen LogP contribution in [0.4, 0.5) is 0 Å². The second kappa shape index (κ2) is 12.8. The summed E-state index contributed by atoms with van der Waals surface area (Å²) in [7, 11) is 0. The molecule has 3 aliphatic rings. The number of aliphatic hydroxyl groups is 10. The standard InChI is InChI=1S/C20H35NO16/c1-5(24)21-9-11(27)17(37-20-15(31)13(29)16(36-20)6(25)2-22)8(34-18(9)32)4-33-19-14(30)12(28)10(26)7(3-23)35-19/h6-20,22-23,25-32H,2-4H2,1H3,(H,21,24)/t6-,7-,8-,9-,10+,11-,12+,13-,14-,15-,16+,17-,18+,19-,20+/m1/s1. The maximum absolute atomic E-state index is 11.6. The lowest BCUT2D eigenvalue weighted by atomic mass is 9.96. The van der Waals surface area contributed by atoms with Gasteiger partial charge in [0.25, 0.3) is 0 Å². The molecule has 11 N–H and O–H groups in total. The summed E-state index contributed by atoms with van der Waals surface area (Å²) in [5.74, 6) is -0.639. The molecule has 15 atom stereocenters. The Morgan fingerprint density at radius 2 is 1.49 bits per heavy atom. The van der Waals surface area contributed by atoms with E-state index in [1.54, 1.807) is 0 Å². The first-order valence-corrected chi connectivity index (χ1v) is 11.6. The lowest BCUT2D eigenvalue weighted by Gasteiger charge is -2.44. The SMILES string of the molecule is CC(=O)N[C@@H]1[C@@H](O)[C@H](O[C@@H]2O[C@@H]([C@H](O)CO)[C@H](O)[C@H]2O)[C@@H](CO[C@@H]2O[C@H](CO)[C@H](O)[C@H](O)[C@H]2O)O[C@@H]1O. The second-order valence-electron chi connectivity index (χ2n) is 9.11. The van der Waals surface area contributed by atoms with E-state index in [2.05, 4.69) is 5.32 Å². The Kier molecular flexibility index (Phi) is 10.5. The first kappa shape index (κ1) is 30.4. The predicted molar refractivity (Wildman–Crippen MR) is 113 cm³/mol. The van der Waals surface area contributed by atoms with Crippen LogP contribution in [-0.4, -0.2) is 169 Å². The highest BCUT2D eigenvalue weighted by atomic mass is 16.7. The smallest absolute Gasteiger partial charge is 0.217 e. The van der Waals surface area contributed by atoms with Crippen molar-refractivity contribution in [2.24, 2.45) is 0 Å². The van der Waals surface area contributed by atoms with Gasteiger partial charge < -0.3 is 80.1 Å². The molecule has 0 aromatic heterocycles. The van der Waals surface area contributed by atoms with Gasteiger partial charge in [0.05, 0.1) is 19.8 Å². The highest BCUT2D eigenvalue weighted by Gasteiger charge is 2.53. The number of amides is 1. The number of hydrogen-bond donors (Lipinski definition) is 11. The fourth-order valence-electron chi connectivity index (χ4n) is 4.38. The van der Waals surface area contributed by atoms with Gasteiger partial charge in [-0.2, -0.15) is 0 Å². The minimum absolute atomic E-state index is 0.609. The Morgan fingerprint density at radius 1 is 0.838 bits per heavy atom. The van der Waals surface area contributed by atoms with Crippen LogP contribution in [0.15, 0.2) is 0 Å². The van der Waals surface area contributed by atoms with Gasteiger partial charge >= 0.3 is 0 Å². The summed E-state index contributed by atoms with van der Waals surface area (Å²) in [6.07, 6.45) is -22.6. The van der Waals surface area contributed by atoms with E-state index in [0.29, 0.717) is 0 Å². The van der Waals surface area contributed by atoms with Crippen molar-refractivity contribution in [2.75, 3.05) is 19.8 Å². The molecule has 3 heterocycles. The van der Waals surface area contributed by atoms with Crippen molar-refractivity contribution in [1.29, 1.82) is 0 Å². The van der Waals surface area contributed by atoms with Crippen molar-refractivity contribution in [2.45, 2.75) is 99.0 Å². The lowest BCUT2D eigenvalue weighted by molar-refractivity contribution is -0.330. The molecule has 216 valence electrons. The molecule has 37 heavy (non-hydrogen) atoms. The zero-order chi connectivity index (χ0) is 27.6. The maximum atomic E-state index is 11.6. The topological polar surface area (TPSA) is 278 Å². The van der Waals surface area contributed by atoms with E-state index in [1.807, 2.05) is 0 Å². The number of hydrogen-bond acceptors (Lipinski definition) is 16. The van der Waals surface area contributed by atoms with Crippen LogP contribution in [0.1, 0.15) is 6.92 Å². The summed E-state index contributed by atoms with van der Waals surface area (Å²) in [5, 5.41) is 102. The number of nitrogens with one attached hydrogen (secondary N) is 1. The fraction of sp³-hybridized carbons (Fsp3) is 0.950. The summed E-state index contributed by atoms with van der Waals surface area (Å²) < 4.78 is 27.0. The molecule has 17 heteroatoms. The molecule has 0 radical (unpaired) electrons. The average Bonchev–Trinajstić information content (AvgIpc) is 3.14. The molecule has 3 rings (SSSR count). The minimum Gasteiger partial charge on any atom is -0.394 e. The van der Waals surface area contributed by atoms with Crippen molar-refractivity contribution >= 4 is 5.91 Å². The van der Waals surface area contributed by atoms with E-state index in [1.165, 1.54) is 0 Å². The molecule has 0 saturated carbocycles. The van der Waals surface area contributed by atoms with Crippen molar-refractivity contribution in [3.8, 4) is 0 Å². The molecule has 3 fully saturated rings. The van der Waals surface area contributed by atoms with Crippen LogP contribution in [0.3, 0.4) is 0 Å². The molecule has 3 saturated heterocycles. The van der Waals surface area contributed by atoms with Crippen LogP contribution in [0.25, 0.3) is 0 Å². The first-order chi connectivity index (χ1) is 17.4. The third-order valence-electron chi connectivity index (χ3n) is 6.45. The van der Waals surface area contributed by atoms with E-state index in [9.17, 15) is 50.8 Å². The summed E-state index contributed by atoms with van der Waals surface area (Å²) in [4.78, 5) is 11.6. The van der Waals surface area contributed by atoms with Crippen LogP contribution in [-0.2, 0) is 28.5 Å². The number of rotatable bonds is 9. The summed E-state index contributed by atoms with van der Waals surface area (Å²) in [6.45, 7) is -1.01. The molecule has 0 spiro atoms. The van der Waals surface area contributed by atoms with E-state index in [-0.39, 0.29) is 0 Å². The third kappa shape index (κ3) is 6.55. The molecular formula is C20H35NO16. The van der Waals surface area contributed by atoms with E-state index >= 15 is 0 Å². The van der Waals surface area contributed by atoms with Gasteiger partial charge in [0.1, 0.15) is 73.2 Å². The Labute approximate surface area is 210 Å². The van der Waals surface area contributed by atoms with Gasteiger partial charge in [0.2, 0.25) is 5.91 Å². The first-order valence-electron chi connectivity index (χ1n) is 11.6. The van der Waals surface area contributed by atoms with Gasteiger partial charge in [0, 0.05) is 6.92 Å². The van der Waals surface area contributed by atoms with Crippen LogP contribution in [0.2, 0.25) is 0 Å². The van der Waals surface area contributed by atoms with Gasteiger partial charge in [-0.05, 0) is 0 Å². The molecular weight excluding hydrogens is 510 g/mol. The molecule has 3 aliphatic heterocycles. The average molecular weight is 545 g/mol. The summed E-state index contributed by atoms with van der Waals surface area (Å²) in [5.41, 5.74) is 0. The van der Waals surface area contributed by atoms with Crippen LogP contribution >= 0.6 is 0 Å². The minimum atomic E-state index is -1.79. The molecule has 1 amide bonds. The number of carbonyl (C=O) groups is 1. The van der Waals surface area contributed by atoms with Gasteiger partial charge in [-0.1, -0.05) is 0 Å². The normalized spacial score (nSPS) is 47.5. The number of aliphatic hydroxyl groups excluding tert-OH is 10. The summed E-state index contributed by atoms with van der Waals surface area (Å²) >= 11 is 0. The number of carbonyl (C=O) groups excluding carboxylic acids is 1. The van der Waals surface area contributed by atoms with Crippen LogP contribution in [0.5, 0.6) is 0 Å². The zero-order valence-corrected chi connectivity index (χ0v) is 19.7. The number of ether oxygens (including phenoxy) is 5. The van der Waals surface area contributed by atoms with Crippen LogP contribution < -0.4 is 5.32 Å². The van der Waals surface area contributed by atoms with Gasteiger partial charge in [-0.25, -0.2) is 0 Å². The quantitative estimate of drug-likeness (QED) is 0.128. The van der Waals surface area contributed by atoms with Gasteiger partial charge in [0.15, 0.2) is 18.9 Å². The lowest BCUT2D eigenvalue weighted by Crippen LogP contribution is -2.66. The van der Waals surface area contributed by atoms with E-state index in [4.69, 9.17) is 28.8 Å². The van der Waals surface area contributed by atoms with E-state index < -0.39 is 118 Å². The molecule has 0 aliphatic carbocycles. The zero-order valence-electron chi connectivity index (χ0n) is 19.7. The molecule has 0 aromatic rings. The van der Waals surface area contributed by atoms with E-state index in [0.717, 1.165) is 6.92 Å². The highest BCUT2D eigenvalue weighted by Crippen LogP contribution is 2.31. The largest absolute Gasteiger partial charge is 0.394 e. The maximum Gasteiger partial charge on any atom is 0.217 e. The molecule has 0 bridgehead atoms. The fourth-order valence-corrected chi connectivity index (χ4v) is 4.38. The monoisotopic (exact) mass is 545 g/mol. The summed E-state index contributed by atoms with van der Waals surface area (Å²) in [6, 6.07) is -1.42. The Balaban J connectivity index is 1.76. The van der Waals surface area contributed by atoms with Crippen LogP contribution in [0, 0.1) is 0 Å². The Hall–Kier alpha value is -1.13. The Bertz CT molecular complexity index is 745. The highest BCUT2D eigenvalue weighted by molar-refractivity contribution is 5.73. The molecule has 0 unspecified atom stereocenters.